The summed E-state index contributed by atoms with van der Waals surface area (Å²) in [6.07, 6.45) is 1.11. The highest BCUT2D eigenvalue weighted by molar-refractivity contribution is 7.99. The lowest BCUT2D eigenvalue weighted by molar-refractivity contribution is -0.118. The molecule has 0 heterocycles. The van der Waals surface area contributed by atoms with E-state index in [-0.39, 0.29) is 11.4 Å². The summed E-state index contributed by atoms with van der Waals surface area (Å²) in [6, 6.07) is 0. The monoisotopic (exact) mass is 204 g/mol. The number of hydrogen-bond donors (Lipinski definition) is 2. The van der Waals surface area contributed by atoms with E-state index in [1.165, 1.54) is 0 Å². The fraction of sp³-hybridized carbons (Fsp3) is 0.889. The van der Waals surface area contributed by atoms with Gasteiger partial charge in [0.05, 0.1) is 5.75 Å². The van der Waals surface area contributed by atoms with Crippen LogP contribution in [0, 0.1) is 0 Å². The van der Waals surface area contributed by atoms with Gasteiger partial charge >= 0.3 is 0 Å². The molecule has 0 aromatic rings. The Labute approximate surface area is 84.8 Å². The Morgan fingerprint density at radius 1 is 1.54 bits per heavy atom. The largest absolute Gasteiger partial charge is 0.354 e. The van der Waals surface area contributed by atoms with Crippen molar-refractivity contribution in [1.29, 1.82) is 0 Å². The molecule has 0 radical (unpaired) electrons. The highest BCUT2D eigenvalue weighted by Gasteiger charge is 2.11. The molecule has 0 fully saturated rings. The van der Waals surface area contributed by atoms with E-state index in [4.69, 9.17) is 5.73 Å². The fourth-order valence-electron chi connectivity index (χ4n) is 0.687. The second kappa shape index (κ2) is 6.27. The quantitative estimate of drug-likeness (QED) is 0.634. The van der Waals surface area contributed by atoms with Crippen LogP contribution in [-0.4, -0.2) is 29.5 Å². The zero-order valence-electron chi connectivity index (χ0n) is 8.72. The number of hydrogen-bond acceptors (Lipinski definition) is 3. The van der Waals surface area contributed by atoms with Gasteiger partial charge in [0.2, 0.25) is 5.91 Å². The van der Waals surface area contributed by atoms with E-state index in [0.717, 1.165) is 12.2 Å². The first-order valence-electron chi connectivity index (χ1n) is 4.59. The van der Waals surface area contributed by atoms with Crippen LogP contribution < -0.4 is 11.1 Å². The average Bonchev–Trinajstić information content (AvgIpc) is 2.00. The van der Waals surface area contributed by atoms with Crippen LogP contribution in [0.5, 0.6) is 0 Å². The standard InChI is InChI=1S/C9H20N2OS/c1-4-5-13-6-8(12)11-7-9(2,3)10/h4-7,10H2,1-3H3,(H,11,12). The van der Waals surface area contributed by atoms with Gasteiger partial charge in [-0.25, -0.2) is 0 Å². The Hall–Kier alpha value is -0.220. The van der Waals surface area contributed by atoms with Gasteiger partial charge in [-0.3, -0.25) is 4.79 Å². The van der Waals surface area contributed by atoms with Gasteiger partial charge < -0.3 is 11.1 Å². The highest BCUT2D eigenvalue weighted by Crippen LogP contribution is 2.01. The van der Waals surface area contributed by atoms with E-state index < -0.39 is 0 Å². The van der Waals surface area contributed by atoms with Crippen molar-refractivity contribution in [1.82, 2.24) is 5.32 Å². The van der Waals surface area contributed by atoms with Crippen LogP contribution in [-0.2, 0) is 4.79 Å². The fourth-order valence-corrected chi connectivity index (χ4v) is 1.41. The molecule has 0 aromatic heterocycles. The van der Waals surface area contributed by atoms with Crippen molar-refractivity contribution < 1.29 is 4.79 Å². The van der Waals surface area contributed by atoms with E-state index in [2.05, 4.69) is 12.2 Å². The topological polar surface area (TPSA) is 55.1 Å². The molecule has 1 amide bonds. The first-order chi connectivity index (χ1) is 5.95. The normalized spacial score (nSPS) is 11.4. The minimum atomic E-state index is -0.314. The molecule has 3 N–H and O–H groups in total. The number of carbonyl (C=O) groups is 1. The van der Waals surface area contributed by atoms with Crippen LogP contribution in [0.25, 0.3) is 0 Å². The van der Waals surface area contributed by atoms with Crippen LogP contribution in [0.15, 0.2) is 0 Å². The van der Waals surface area contributed by atoms with Crippen LogP contribution >= 0.6 is 11.8 Å². The summed E-state index contributed by atoms with van der Waals surface area (Å²) < 4.78 is 0. The maximum absolute atomic E-state index is 11.2. The molecule has 78 valence electrons. The van der Waals surface area contributed by atoms with E-state index in [1.807, 2.05) is 13.8 Å². The van der Waals surface area contributed by atoms with Gasteiger partial charge in [-0.15, -0.1) is 0 Å². The first kappa shape index (κ1) is 12.8. The molecule has 0 aliphatic carbocycles. The third-order valence-corrected chi connectivity index (χ3v) is 2.49. The molecule has 13 heavy (non-hydrogen) atoms. The molecule has 0 bridgehead atoms. The molecule has 0 aromatic carbocycles. The number of rotatable bonds is 6. The number of carbonyl (C=O) groups excluding carboxylic acids is 1. The van der Waals surface area contributed by atoms with Gasteiger partial charge in [-0.05, 0) is 26.0 Å². The Kier molecular flexibility index (Phi) is 6.16. The molecule has 4 heteroatoms. The van der Waals surface area contributed by atoms with Crippen LogP contribution in [0.1, 0.15) is 27.2 Å². The van der Waals surface area contributed by atoms with E-state index in [0.29, 0.717) is 12.3 Å². The Morgan fingerprint density at radius 2 is 2.15 bits per heavy atom. The van der Waals surface area contributed by atoms with Crippen LogP contribution in [0.2, 0.25) is 0 Å². The maximum atomic E-state index is 11.2. The molecule has 0 rings (SSSR count). The lowest BCUT2D eigenvalue weighted by Crippen LogP contribution is -2.45. The van der Waals surface area contributed by atoms with Crippen molar-refractivity contribution in [2.75, 3.05) is 18.1 Å². The molecule has 0 saturated heterocycles. The number of nitrogens with two attached hydrogens (primary N) is 1. The van der Waals surface area contributed by atoms with Crippen molar-refractivity contribution >= 4 is 17.7 Å². The van der Waals surface area contributed by atoms with Gasteiger partial charge in [0.1, 0.15) is 0 Å². The molecular weight excluding hydrogens is 184 g/mol. The van der Waals surface area contributed by atoms with Gasteiger partial charge in [0.15, 0.2) is 0 Å². The minimum Gasteiger partial charge on any atom is -0.354 e. The molecule has 0 aliphatic rings. The molecule has 0 spiro atoms. The maximum Gasteiger partial charge on any atom is 0.230 e. The lowest BCUT2D eigenvalue weighted by atomic mass is 10.1. The van der Waals surface area contributed by atoms with E-state index >= 15 is 0 Å². The molecular formula is C9H20N2OS. The van der Waals surface area contributed by atoms with E-state index in [1.54, 1.807) is 11.8 Å². The summed E-state index contributed by atoms with van der Waals surface area (Å²) in [4.78, 5) is 11.2. The Balaban J connectivity index is 3.41. The Morgan fingerprint density at radius 3 is 2.62 bits per heavy atom. The van der Waals surface area contributed by atoms with Gasteiger partial charge in [-0.2, -0.15) is 11.8 Å². The van der Waals surface area contributed by atoms with Gasteiger partial charge in [-0.1, -0.05) is 6.92 Å². The summed E-state index contributed by atoms with van der Waals surface area (Å²) in [5, 5.41) is 2.80. The Bertz CT molecular complexity index is 154. The second-order valence-corrected chi connectivity index (χ2v) is 4.92. The lowest BCUT2D eigenvalue weighted by Gasteiger charge is -2.18. The number of nitrogens with one attached hydrogen (secondary N) is 1. The van der Waals surface area contributed by atoms with Crippen molar-refractivity contribution in [2.45, 2.75) is 32.7 Å². The SMILES string of the molecule is CCCSCC(=O)NCC(C)(C)N. The predicted molar refractivity (Wildman–Crippen MR) is 58.9 cm³/mol. The average molecular weight is 204 g/mol. The zero-order chi connectivity index (χ0) is 10.3. The summed E-state index contributed by atoms with van der Waals surface area (Å²) in [5.74, 6) is 1.67. The third-order valence-electron chi connectivity index (χ3n) is 1.32. The molecule has 0 aliphatic heterocycles. The molecule has 0 atom stereocenters. The molecule has 0 unspecified atom stereocenters. The van der Waals surface area contributed by atoms with Gasteiger partial charge in [0.25, 0.3) is 0 Å². The second-order valence-electron chi connectivity index (χ2n) is 3.82. The number of amides is 1. The molecule has 0 saturated carbocycles. The first-order valence-corrected chi connectivity index (χ1v) is 5.74. The van der Waals surface area contributed by atoms with Crippen molar-refractivity contribution in [3.05, 3.63) is 0 Å². The third kappa shape index (κ3) is 9.70. The molecule has 3 nitrogen and oxygen atoms in total. The predicted octanol–water partition coefficient (Wildman–Crippen LogP) is 0.983. The summed E-state index contributed by atoms with van der Waals surface area (Å²) in [6.45, 7) is 6.44. The van der Waals surface area contributed by atoms with Crippen molar-refractivity contribution in [3.8, 4) is 0 Å². The summed E-state index contributed by atoms with van der Waals surface area (Å²) in [5.41, 5.74) is 5.40. The van der Waals surface area contributed by atoms with Gasteiger partial charge in [0, 0.05) is 12.1 Å². The van der Waals surface area contributed by atoms with E-state index in [9.17, 15) is 4.79 Å². The smallest absolute Gasteiger partial charge is 0.230 e. The summed E-state index contributed by atoms with van der Waals surface area (Å²) >= 11 is 1.66. The van der Waals surface area contributed by atoms with Crippen LogP contribution in [0.4, 0.5) is 0 Å². The minimum absolute atomic E-state index is 0.0805. The zero-order valence-corrected chi connectivity index (χ0v) is 9.54. The summed E-state index contributed by atoms with van der Waals surface area (Å²) in [7, 11) is 0. The van der Waals surface area contributed by atoms with Crippen molar-refractivity contribution in [3.63, 3.8) is 0 Å². The van der Waals surface area contributed by atoms with Crippen LogP contribution in [0.3, 0.4) is 0 Å². The highest BCUT2D eigenvalue weighted by atomic mass is 32.2. The number of thioether (sulfide) groups is 1. The van der Waals surface area contributed by atoms with Crippen molar-refractivity contribution in [2.24, 2.45) is 5.73 Å².